The Morgan fingerprint density at radius 3 is 2.88 bits per heavy atom. The molecule has 4 nitrogen and oxygen atoms in total. The lowest BCUT2D eigenvalue weighted by atomic mass is 9.84. The van der Waals surface area contributed by atoms with Crippen LogP contribution in [0.2, 0.25) is 6.82 Å². The van der Waals surface area contributed by atoms with Gasteiger partial charge >= 0.3 is 7.05 Å². The van der Waals surface area contributed by atoms with Crippen molar-refractivity contribution < 1.29 is 5.02 Å². The molecule has 0 bridgehead atoms. The van der Waals surface area contributed by atoms with E-state index < -0.39 is 7.05 Å². The average Bonchev–Trinajstić information content (AvgIpc) is 2.29. The molecule has 0 spiro atoms. The average molecular weight is 345 g/mol. The predicted octanol–water partition coefficient (Wildman–Crippen LogP) is 1.43. The van der Waals surface area contributed by atoms with Gasteiger partial charge in [0, 0.05) is 30.3 Å². The second kappa shape index (κ2) is 5.43. The first-order valence-corrected chi connectivity index (χ1v) is 7.37. The van der Waals surface area contributed by atoms with E-state index in [-0.39, 0.29) is 0 Å². The SMILES string of the molecule is CB(O)N1CCN(C)c2ccc(CCI)nc21. The van der Waals surface area contributed by atoms with Crippen molar-refractivity contribution in [1.29, 1.82) is 0 Å². The molecule has 1 aliphatic rings. The predicted molar refractivity (Wildman–Crippen MR) is 81.3 cm³/mol. The van der Waals surface area contributed by atoms with Crippen molar-refractivity contribution in [1.82, 2.24) is 4.98 Å². The number of fused-ring (bicyclic) bond motifs is 1. The smallest absolute Gasteiger partial charge is 0.410 e. The molecular weight excluding hydrogens is 328 g/mol. The Morgan fingerprint density at radius 2 is 2.24 bits per heavy atom. The number of nitrogens with zero attached hydrogens (tertiary/aromatic N) is 3. The monoisotopic (exact) mass is 345 g/mol. The largest absolute Gasteiger partial charge is 0.432 e. The third-order valence-electron chi connectivity index (χ3n) is 3.07. The molecule has 0 fully saturated rings. The van der Waals surface area contributed by atoms with Crippen LogP contribution in [0.5, 0.6) is 0 Å². The number of aromatic nitrogens is 1. The second-order valence-corrected chi connectivity index (χ2v) is 5.41. The van der Waals surface area contributed by atoms with Crippen molar-refractivity contribution in [2.45, 2.75) is 13.2 Å². The van der Waals surface area contributed by atoms with Crippen LogP contribution in [0.25, 0.3) is 0 Å². The van der Waals surface area contributed by atoms with Gasteiger partial charge in [0.25, 0.3) is 0 Å². The van der Waals surface area contributed by atoms with Gasteiger partial charge < -0.3 is 14.7 Å². The Bertz CT molecular complexity index is 402. The summed E-state index contributed by atoms with van der Waals surface area (Å²) in [6.07, 6.45) is 0.977. The summed E-state index contributed by atoms with van der Waals surface area (Å²) >= 11 is 2.36. The van der Waals surface area contributed by atoms with Crippen LogP contribution in [-0.4, -0.2) is 41.6 Å². The van der Waals surface area contributed by atoms with Gasteiger partial charge in [-0.2, -0.15) is 0 Å². The van der Waals surface area contributed by atoms with Gasteiger partial charge in [0.2, 0.25) is 0 Å². The van der Waals surface area contributed by atoms with E-state index in [1.807, 2.05) is 4.81 Å². The summed E-state index contributed by atoms with van der Waals surface area (Å²) in [5, 5.41) is 9.80. The van der Waals surface area contributed by atoms with Gasteiger partial charge in [-0.3, -0.25) is 0 Å². The van der Waals surface area contributed by atoms with Crippen LogP contribution in [0, 0.1) is 0 Å². The first-order valence-electron chi connectivity index (χ1n) is 5.85. The molecule has 0 amide bonds. The lowest BCUT2D eigenvalue weighted by molar-refractivity contribution is 0.566. The van der Waals surface area contributed by atoms with Gasteiger partial charge in [-0.15, -0.1) is 0 Å². The Kier molecular flexibility index (Phi) is 4.14. The number of rotatable bonds is 3. The Balaban J connectivity index is 2.39. The topological polar surface area (TPSA) is 39.6 Å². The molecule has 2 heterocycles. The summed E-state index contributed by atoms with van der Waals surface area (Å²) in [6.45, 7) is 3.54. The minimum absolute atomic E-state index is 0.482. The summed E-state index contributed by atoms with van der Waals surface area (Å²) in [7, 11) is 1.59. The van der Waals surface area contributed by atoms with E-state index in [2.05, 4.69) is 51.7 Å². The lowest BCUT2D eigenvalue weighted by Crippen LogP contribution is -2.47. The fourth-order valence-corrected chi connectivity index (χ4v) is 2.63. The molecule has 0 saturated heterocycles. The molecule has 0 aromatic carbocycles. The molecular formula is C11H17BIN3O. The van der Waals surface area contributed by atoms with Gasteiger partial charge in [0.15, 0.2) is 0 Å². The summed E-state index contributed by atoms with van der Waals surface area (Å²) in [6, 6.07) is 4.19. The molecule has 6 heteroatoms. The minimum atomic E-state index is -0.482. The lowest BCUT2D eigenvalue weighted by Gasteiger charge is -2.36. The number of alkyl halides is 1. The third-order valence-corrected chi connectivity index (χ3v) is 3.61. The Labute approximate surface area is 116 Å². The van der Waals surface area contributed by atoms with E-state index in [9.17, 15) is 5.02 Å². The first kappa shape index (κ1) is 12.9. The minimum Gasteiger partial charge on any atom is -0.432 e. The van der Waals surface area contributed by atoms with Crippen LogP contribution in [0.3, 0.4) is 0 Å². The number of halogens is 1. The zero-order valence-corrected chi connectivity index (χ0v) is 12.4. The van der Waals surface area contributed by atoms with Crippen LogP contribution in [0.15, 0.2) is 12.1 Å². The maximum Gasteiger partial charge on any atom is 0.410 e. The molecule has 1 N–H and O–H groups in total. The van der Waals surface area contributed by atoms with Gasteiger partial charge in [0.1, 0.15) is 5.82 Å². The quantitative estimate of drug-likeness (QED) is 0.511. The van der Waals surface area contributed by atoms with Gasteiger partial charge in [0.05, 0.1) is 5.69 Å². The van der Waals surface area contributed by atoms with Gasteiger partial charge in [-0.05, 0) is 25.4 Å². The number of hydrogen-bond acceptors (Lipinski definition) is 4. The molecule has 17 heavy (non-hydrogen) atoms. The molecule has 1 aliphatic heterocycles. The second-order valence-electron chi connectivity index (χ2n) is 4.33. The number of anilines is 2. The zero-order valence-electron chi connectivity index (χ0n) is 10.2. The van der Waals surface area contributed by atoms with E-state index in [4.69, 9.17) is 0 Å². The highest BCUT2D eigenvalue weighted by Gasteiger charge is 2.26. The molecule has 0 unspecified atom stereocenters. The van der Waals surface area contributed by atoms with E-state index in [0.717, 1.165) is 41.1 Å². The summed E-state index contributed by atoms with van der Waals surface area (Å²) in [5.41, 5.74) is 2.20. The molecule has 0 aliphatic carbocycles. The van der Waals surface area contributed by atoms with Crippen molar-refractivity contribution >= 4 is 41.1 Å². The van der Waals surface area contributed by atoms with Crippen LogP contribution in [-0.2, 0) is 6.42 Å². The fourth-order valence-electron chi connectivity index (χ4n) is 2.07. The Hall–Kier alpha value is -0.495. The highest BCUT2D eigenvalue weighted by Crippen LogP contribution is 2.30. The summed E-state index contributed by atoms with van der Waals surface area (Å²) in [4.78, 5) is 8.83. The van der Waals surface area contributed by atoms with Gasteiger partial charge in [-0.25, -0.2) is 4.98 Å². The van der Waals surface area contributed by atoms with Crippen molar-refractivity contribution in [3.8, 4) is 0 Å². The summed E-state index contributed by atoms with van der Waals surface area (Å²) in [5.74, 6) is 0.913. The van der Waals surface area contributed by atoms with E-state index in [1.165, 1.54) is 0 Å². The van der Waals surface area contributed by atoms with Crippen molar-refractivity contribution in [2.24, 2.45) is 0 Å². The van der Waals surface area contributed by atoms with Crippen molar-refractivity contribution in [3.63, 3.8) is 0 Å². The van der Waals surface area contributed by atoms with Crippen molar-refractivity contribution in [2.75, 3.05) is 34.3 Å². The Morgan fingerprint density at radius 1 is 1.47 bits per heavy atom. The highest BCUT2D eigenvalue weighted by molar-refractivity contribution is 14.1. The van der Waals surface area contributed by atoms with E-state index in [0.29, 0.717) is 0 Å². The molecule has 0 atom stereocenters. The van der Waals surface area contributed by atoms with Crippen LogP contribution in [0.4, 0.5) is 11.5 Å². The highest BCUT2D eigenvalue weighted by atomic mass is 127. The van der Waals surface area contributed by atoms with Crippen molar-refractivity contribution in [3.05, 3.63) is 17.8 Å². The zero-order chi connectivity index (χ0) is 12.4. The number of pyridine rings is 1. The van der Waals surface area contributed by atoms with Crippen LogP contribution in [0.1, 0.15) is 5.69 Å². The molecule has 0 saturated carbocycles. The maximum absolute atomic E-state index is 9.80. The molecule has 92 valence electrons. The third kappa shape index (κ3) is 2.68. The van der Waals surface area contributed by atoms with Gasteiger partial charge in [-0.1, -0.05) is 22.6 Å². The molecule has 1 aromatic rings. The molecule has 2 rings (SSSR count). The summed E-state index contributed by atoms with van der Waals surface area (Å²) < 4.78 is 1.06. The standard InChI is InChI=1S/C11H17BIN3O/c1-12(17)16-8-7-15(2)10-4-3-9(5-6-13)14-11(10)16/h3-4,17H,5-8H2,1-2H3. The first-order chi connectivity index (χ1) is 8.13. The normalized spacial score (nSPS) is 14.8. The van der Waals surface area contributed by atoms with E-state index >= 15 is 0 Å². The molecule has 1 aromatic heterocycles. The molecule has 0 radical (unpaired) electrons. The fraction of sp³-hybridized carbons (Fsp3) is 0.545. The van der Waals surface area contributed by atoms with Crippen LogP contribution < -0.4 is 9.71 Å². The number of aryl methyl sites for hydroxylation is 1. The number of likely N-dealkylation sites (N-methyl/N-ethyl adjacent to an activating group) is 1. The van der Waals surface area contributed by atoms with E-state index in [1.54, 1.807) is 6.82 Å². The maximum atomic E-state index is 9.80. The van der Waals surface area contributed by atoms with Crippen LogP contribution >= 0.6 is 22.6 Å². The number of hydrogen-bond donors (Lipinski definition) is 1.